The molecule has 2 aliphatic rings. The summed E-state index contributed by atoms with van der Waals surface area (Å²) in [7, 11) is -3.77. The minimum Gasteiger partial charge on any atom is -0.382 e. The van der Waals surface area contributed by atoms with Gasteiger partial charge >= 0.3 is 0 Å². The maximum Gasteiger partial charge on any atom is 0.276 e. The van der Waals surface area contributed by atoms with E-state index in [0.717, 1.165) is 35.9 Å². The van der Waals surface area contributed by atoms with Gasteiger partial charge in [0.25, 0.3) is 5.91 Å². The lowest BCUT2D eigenvalue weighted by Crippen LogP contribution is -2.46. The fourth-order valence-electron chi connectivity index (χ4n) is 6.58. The number of carbonyl (C=O) groups excluding carboxylic acids is 1. The summed E-state index contributed by atoms with van der Waals surface area (Å²) in [5, 5.41) is 4.41. The molecule has 7 rings (SSSR count). The third-order valence-corrected chi connectivity index (χ3v) is 9.62. The maximum atomic E-state index is 13.5. The van der Waals surface area contributed by atoms with Gasteiger partial charge in [-0.25, -0.2) is 23.4 Å². The van der Waals surface area contributed by atoms with E-state index in [2.05, 4.69) is 20.1 Å². The molecule has 43 heavy (non-hydrogen) atoms. The van der Waals surface area contributed by atoms with Crippen molar-refractivity contribution in [3.05, 3.63) is 78.6 Å². The number of fused-ring (bicyclic) bond motifs is 3. The Hall–Kier alpha value is -4.91. The van der Waals surface area contributed by atoms with Gasteiger partial charge in [-0.05, 0) is 31.7 Å². The van der Waals surface area contributed by atoms with Crippen molar-refractivity contribution >= 4 is 33.0 Å². The number of amides is 1. The number of sulfone groups is 1. The molecule has 0 saturated carbocycles. The number of pyridine rings is 1. The molecule has 12 nitrogen and oxygen atoms in total. The molecule has 2 aliphatic heterocycles. The Kier molecular flexibility index (Phi) is 6.34. The van der Waals surface area contributed by atoms with E-state index in [1.54, 1.807) is 12.4 Å². The average molecular weight is 596 g/mol. The second-order valence-corrected chi connectivity index (χ2v) is 13.1. The third-order valence-electron chi connectivity index (χ3n) is 8.46. The van der Waals surface area contributed by atoms with Crippen LogP contribution in [0, 0.1) is 0 Å². The first-order valence-corrected chi connectivity index (χ1v) is 15.9. The van der Waals surface area contributed by atoms with Crippen molar-refractivity contribution in [3.63, 3.8) is 0 Å². The predicted molar refractivity (Wildman–Crippen MR) is 161 cm³/mol. The summed E-state index contributed by atoms with van der Waals surface area (Å²) in [6.45, 7) is 0. The van der Waals surface area contributed by atoms with Crippen LogP contribution in [0.5, 0.6) is 0 Å². The predicted octanol–water partition coefficient (Wildman–Crippen LogP) is 3.37. The van der Waals surface area contributed by atoms with Gasteiger partial charge in [-0.2, -0.15) is 9.61 Å². The number of benzene rings is 1. The van der Waals surface area contributed by atoms with Gasteiger partial charge in [0.05, 0.1) is 17.6 Å². The van der Waals surface area contributed by atoms with Gasteiger partial charge in [0, 0.05) is 59.5 Å². The van der Waals surface area contributed by atoms with Crippen LogP contribution in [0.3, 0.4) is 0 Å². The van der Waals surface area contributed by atoms with Crippen LogP contribution in [0.15, 0.2) is 72.1 Å². The summed E-state index contributed by atoms with van der Waals surface area (Å²) in [5.74, 6) is -0.389. The van der Waals surface area contributed by atoms with Crippen molar-refractivity contribution in [1.82, 2.24) is 34.4 Å². The molecule has 3 atom stereocenters. The van der Waals surface area contributed by atoms with Gasteiger partial charge in [0.2, 0.25) is 0 Å². The molecule has 1 unspecified atom stereocenters. The highest BCUT2D eigenvalue weighted by Crippen LogP contribution is 2.46. The van der Waals surface area contributed by atoms with Crippen LogP contribution in [0.1, 0.15) is 47.8 Å². The van der Waals surface area contributed by atoms with E-state index >= 15 is 0 Å². The highest BCUT2D eigenvalue weighted by Gasteiger charge is 2.46. The standard InChI is InChI=1S/C30H29N9O3S/c1-43(41,42)26-24(19-13-20-8-9-21(14-19)38(20)30(40)25-27(31)34-12-11-33-25)37-29-22(16-36-39(29)28(26)32)18-7-10-23(35-15-18)17-5-3-2-4-6-17/h2-7,10-12,15-16,19-21H,8-9,13-14,32H2,1H3,(H2,31,34)/t19-,20-,21?/m0/s1. The minimum absolute atomic E-state index is 0.0146. The molecule has 5 aromatic rings. The zero-order valence-electron chi connectivity index (χ0n) is 23.3. The molecule has 0 radical (unpaired) electrons. The van der Waals surface area contributed by atoms with E-state index in [0.29, 0.717) is 29.7 Å². The fourth-order valence-corrected chi connectivity index (χ4v) is 7.64. The molecule has 0 spiro atoms. The average Bonchev–Trinajstić information content (AvgIpc) is 3.55. The van der Waals surface area contributed by atoms with Crippen molar-refractivity contribution in [2.75, 3.05) is 17.7 Å². The monoisotopic (exact) mass is 595 g/mol. The topological polar surface area (TPSA) is 175 Å². The lowest BCUT2D eigenvalue weighted by atomic mass is 9.87. The Labute approximate surface area is 247 Å². The van der Waals surface area contributed by atoms with Gasteiger partial charge in [0.15, 0.2) is 27.0 Å². The Morgan fingerprint density at radius 1 is 0.907 bits per heavy atom. The van der Waals surface area contributed by atoms with Gasteiger partial charge < -0.3 is 16.4 Å². The quantitative estimate of drug-likeness (QED) is 0.306. The van der Waals surface area contributed by atoms with Crippen molar-refractivity contribution in [2.45, 2.75) is 48.6 Å². The van der Waals surface area contributed by atoms with Crippen LogP contribution in [-0.4, -0.2) is 67.1 Å². The molecule has 1 amide bonds. The van der Waals surface area contributed by atoms with Crippen LogP contribution >= 0.6 is 0 Å². The van der Waals surface area contributed by atoms with Gasteiger partial charge in [-0.3, -0.25) is 9.78 Å². The molecule has 6 heterocycles. The van der Waals surface area contributed by atoms with Crippen molar-refractivity contribution in [2.24, 2.45) is 0 Å². The number of piperidine rings is 1. The lowest BCUT2D eigenvalue weighted by Gasteiger charge is -2.39. The summed E-state index contributed by atoms with van der Waals surface area (Å²) in [4.78, 5) is 33.1. The fraction of sp³-hybridized carbons (Fsp3) is 0.267. The van der Waals surface area contributed by atoms with Crippen molar-refractivity contribution in [3.8, 4) is 22.4 Å². The Morgan fingerprint density at radius 3 is 2.28 bits per heavy atom. The van der Waals surface area contributed by atoms with E-state index in [1.807, 2.05) is 47.4 Å². The van der Waals surface area contributed by atoms with Crippen LogP contribution < -0.4 is 11.5 Å². The summed E-state index contributed by atoms with van der Waals surface area (Å²) in [5.41, 5.74) is 16.8. The van der Waals surface area contributed by atoms with Crippen molar-refractivity contribution in [1.29, 1.82) is 0 Å². The van der Waals surface area contributed by atoms with E-state index in [1.165, 1.54) is 16.9 Å². The minimum atomic E-state index is -3.77. The van der Waals surface area contributed by atoms with Crippen LogP contribution in [0.2, 0.25) is 0 Å². The van der Waals surface area contributed by atoms with E-state index < -0.39 is 9.84 Å². The first-order valence-electron chi connectivity index (χ1n) is 14.0. The van der Waals surface area contributed by atoms with Crippen LogP contribution in [0.25, 0.3) is 28.0 Å². The molecule has 2 fully saturated rings. The number of hydrogen-bond acceptors (Lipinski definition) is 10. The largest absolute Gasteiger partial charge is 0.382 e. The van der Waals surface area contributed by atoms with E-state index in [-0.39, 0.29) is 46.1 Å². The maximum absolute atomic E-state index is 13.5. The second-order valence-electron chi connectivity index (χ2n) is 11.1. The second kappa shape index (κ2) is 10.1. The molecular formula is C30H29N9O3S. The van der Waals surface area contributed by atoms with Gasteiger partial charge in [-0.1, -0.05) is 36.4 Å². The number of nitrogen functional groups attached to an aromatic ring is 2. The number of hydrogen-bond donors (Lipinski definition) is 2. The summed E-state index contributed by atoms with van der Waals surface area (Å²) in [6.07, 6.45) is 10.1. The first kappa shape index (κ1) is 27.0. The van der Waals surface area contributed by atoms with Crippen LogP contribution in [-0.2, 0) is 9.84 Å². The molecular weight excluding hydrogens is 566 g/mol. The SMILES string of the molecule is CS(=O)(=O)c1c([C@@H]2CC3CC[C@@H](C2)N3C(=O)c2nccnc2N)nc2c(-c3ccc(-c4ccccc4)nc3)cnn2c1N. The molecule has 13 heteroatoms. The highest BCUT2D eigenvalue weighted by atomic mass is 32.2. The molecule has 1 aromatic carbocycles. The zero-order chi connectivity index (χ0) is 29.9. The summed E-state index contributed by atoms with van der Waals surface area (Å²) >= 11 is 0. The molecule has 4 aromatic heterocycles. The number of rotatable bonds is 5. The van der Waals surface area contributed by atoms with E-state index in [9.17, 15) is 13.2 Å². The zero-order valence-corrected chi connectivity index (χ0v) is 24.1. The molecule has 4 N–H and O–H groups in total. The number of aromatic nitrogens is 6. The molecule has 0 aliphatic carbocycles. The smallest absolute Gasteiger partial charge is 0.276 e. The molecule has 2 bridgehead atoms. The van der Waals surface area contributed by atoms with Crippen LogP contribution in [0.4, 0.5) is 11.6 Å². The molecule has 2 saturated heterocycles. The number of carbonyl (C=O) groups is 1. The number of nitrogens with zero attached hydrogens (tertiary/aromatic N) is 7. The normalized spacial score (nSPS) is 20.0. The van der Waals surface area contributed by atoms with Gasteiger partial charge in [-0.15, -0.1) is 0 Å². The van der Waals surface area contributed by atoms with E-state index in [4.69, 9.17) is 16.5 Å². The Bertz CT molecular complexity index is 1960. The lowest BCUT2D eigenvalue weighted by molar-refractivity contribution is 0.0563. The number of nitrogens with two attached hydrogens (primary N) is 2. The summed E-state index contributed by atoms with van der Waals surface area (Å²) in [6, 6.07) is 13.5. The number of anilines is 2. The highest BCUT2D eigenvalue weighted by molar-refractivity contribution is 7.91. The Morgan fingerprint density at radius 2 is 1.63 bits per heavy atom. The Balaban J connectivity index is 1.27. The first-order chi connectivity index (χ1) is 20.7. The third kappa shape index (κ3) is 4.56. The van der Waals surface area contributed by atoms with Gasteiger partial charge in [0.1, 0.15) is 10.7 Å². The molecule has 218 valence electrons. The summed E-state index contributed by atoms with van der Waals surface area (Å²) < 4.78 is 27.6. The van der Waals surface area contributed by atoms with Crippen molar-refractivity contribution < 1.29 is 13.2 Å².